The Labute approximate surface area is 151 Å². The van der Waals surface area contributed by atoms with Gasteiger partial charge in [0.25, 0.3) is 0 Å². The molecule has 1 fully saturated rings. The molecular formula is C15H19ClN2O4S2. The van der Waals surface area contributed by atoms with Gasteiger partial charge in [0.05, 0.1) is 7.11 Å². The van der Waals surface area contributed by atoms with Crippen molar-refractivity contribution < 1.29 is 17.9 Å². The topological polar surface area (TPSA) is 89.7 Å². The molecule has 0 bridgehead atoms. The molecule has 1 aliphatic rings. The van der Waals surface area contributed by atoms with E-state index < -0.39 is 16.0 Å². The van der Waals surface area contributed by atoms with Gasteiger partial charge in [-0.05, 0) is 24.9 Å². The summed E-state index contributed by atoms with van der Waals surface area (Å²) in [5.41, 5.74) is 5.65. The number of sulfonamides is 1. The van der Waals surface area contributed by atoms with Crippen molar-refractivity contribution in [1.29, 1.82) is 0 Å². The van der Waals surface area contributed by atoms with Crippen molar-refractivity contribution >= 4 is 49.8 Å². The fourth-order valence-electron chi connectivity index (χ4n) is 2.84. The highest BCUT2D eigenvalue weighted by atomic mass is 35.5. The number of thiophene rings is 1. The van der Waals surface area contributed by atoms with Crippen LogP contribution < -0.4 is 5.73 Å². The van der Waals surface area contributed by atoms with E-state index in [-0.39, 0.29) is 28.1 Å². The summed E-state index contributed by atoms with van der Waals surface area (Å²) in [6.07, 6.45) is 0.741. The number of nitrogens with zero attached hydrogens (tertiary/aromatic N) is 1. The van der Waals surface area contributed by atoms with E-state index in [1.54, 1.807) is 18.2 Å². The minimum Gasteiger partial charge on any atom is -0.465 e. The summed E-state index contributed by atoms with van der Waals surface area (Å²) in [7, 11) is -2.51. The number of hydrogen-bond donors (Lipinski definition) is 1. The molecule has 6 nitrogen and oxygen atoms in total. The van der Waals surface area contributed by atoms with E-state index in [9.17, 15) is 13.2 Å². The lowest BCUT2D eigenvalue weighted by molar-refractivity contribution is 0.0602. The molecule has 3 rings (SSSR count). The van der Waals surface area contributed by atoms with E-state index in [0.717, 1.165) is 22.5 Å². The zero-order valence-corrected chi connectivity index (χ0v) is 15.5. The van der Waals surface area contributed by atoms with E-state index in [2.05, 4.69) is 0 Å². The van der Waals surface area contributed by atoms with Gasteiger partial charge in [0, 0.05) is 23.2 Å². The number of carbonyl (C=O) groups excluding carboxylic acids is 1. The first-order valence-corrected chi connectivity index (χ1v) is 9.54. The van der Waals surface area contributed by atoms with Crippen LogP contribution in [0.4, 0.5) is 0 Å². The Balaban J connectivity index is 0.00000208. The molecule has 1 aromatic carbocycles. The molecule has 0 spiro atoms. The average Bonchev–Trinajstić information content (AvgIpc) is 3.18. The summed E-state index contributed by atoms with van der Waals surface area (Å²) in [6, 6.07) is 7.11. The van der Waals surface area contributed by atoms with E-state index >= 15 is 0 Å². The summed E-state index contributed by atoms with van der Waals surface area (Å²) in [6.45, 7) is 1.28. The SMILES string of the molecule is COC(=O)c1sc2ccccc2c1S(=O)(=O)N1CCC(CN)C1.Cl. The largest absolute Gasteiger partial charge is 0.465 e. The lowest BCUT2D eigenvalue weighted by Gasteiger charge is -2.17. The predicted molar refractivity (Wildman–Crippen MR) is 96.3 cm³/mol. The van der Waals surface area contributed by atoms with Crippen molar-refractivity contribution in [3.8, 4) is 0 Å². The second kappa shape index (κ2) is 7.37. The number of hydrogen-bond acceptors (Lipinski definition) is 6. The fraction of sp³-hybridized carbons (Fsp3) is 0.400. The second-order valence-corrected chi connectivity index (χ2v) is 8.43. The summed E-state index contributed by atoms with van der Waals surface area (Å²) < 4.78 is 33.1. The monoisotopic (exact) mass is 390 g/mol. The third kappa shape index (κ3) is 3.16. The van der Waals surface area contributed by atoms with Crippen LogP contribution in [0.3, 0.4) is 0 Å². The Morgan fingerprint density at radius 1 is 1.42 bits per heavy atom. The van der Waals surface area contributed by atoms with E-state index in [1.807, 2.05) is 6.07 Å². The van der Waals surface area contributed by atoms with Gasteiger partial charge < -0.3 is 10.5 Å². The van der Waals surface area contributed by atoms with Crippen LogP contribution in [0.15, 0.2) is 29.2 Å². The maximum absolute atomic E-state index is 13.1. The molecule has 24 heavy (non-hydrogen) atoms. The van der Waals surface area contributed by atoms with Crippen molar-refractivity contribution in [2.24, 2.45) is 11.7 Å². The van der Waals surface area contributed by atoms with Crippen LogP contribution in [0, 0.1) is 5.92 Å². The van der Waals surface area contributed by atoms with Crippen molar-refractivity contribution in [3.63, 3.8) is 0 Å². The molecule has 2 aromatic rings. The third-order valence-electron chi connectivity index (χ3n) is 4.10. The van der Waals surface area contributed by atoms with Gasteiger partial charge in [-0.3, -0.25) is 0 Å². The van der Waals surface area contributed by atoms with Gasteiger partial charge >= 0.3 is 5.97 Å². The standard InChI is InChI=1S/C15H18N2O4S2.ClH/c1-21-15(18)13-14(11-4-2-3-5-12(11)22-13)23(19,20)17-7-6-10(8-16)9-17;/h2-5,10H,6-9,16H2,1H3;1H. The van der Waals surface area contributed by atoms with Crippen LogP contribution in [-0.4, -0.2) is 45.4 Å². The normalized spacial score (nSPS) is 18.5. The minimum atomic E-state index is -3.76. The number of methoxy groups -OCH3 is 1. The molecule has 2 N–H and O–H groups in total. The summed E-state index contributed by atoms with van der Waals surface area (Å²) in [5, 5.41) is 0.564. The molecule has 0 saturated carbocycles. The Morgan fingerprint density at radius 3 is 2.75 bits per heavy atom. The van der Waals surface area contributed by atoms with E-state index in [4.69, 9.17) is 10.5 Å². The van der Waals surface area contributed by atoms with Gasteiger partial charge in [-0.25, -0.2) is 13.2 Å². The van der Waals surface area contributed by atoms with Crippen molar-refractivity contribution in [3.05, 3.63) is 29.1 Å². The lowest BCUT2D eigenvalue weighted by Crippen LogP contribution is -2.30. The average molecular weight is 391 g/mol. The third-order valence-corrected chi connectivity index (χ3v) is 7.33. The maximum atomic E-state index is 13.1. The minimum absolute atomic E-state index is 0. The highest BCUT2D eigenvalue weighted by Gasteiger charge is 2.37. The molecule has 1 saturated heterocycles. The van der Waals surface area contributed by atoms with Gasteiger partial charge in [0.15, 0.2) is 0 Å². The van der Waals surface area contributed by atoms with Gasteiger partial charge in [0.1, 0.15) is 9.77 Å². The molecule has 1 unspecified atom stereocenters. The summed E-state index contributed by atoms with van der Waals surface area (Å²) in [5.74, 6) is -0.462. The summed E-state index contributed by atoms with van der Waals surface area (Å²) >= 11 is 1.14. The van der Waals surface area contributed by atoms with Crippen LogP contribution in [-0.2, 0) is 14.8 Å². The molecule has 0 radical (unpaired) electrons. The number of esters is 1. The molecule has 1 atom stereocenters. The van der Waals surface area contributed by atoms with Crippen LogP contribution >= 0.6 is 23.7 Å². The quantitative estimate of drug-likeness (QED) is 0.807. The van der Waals surface area contributed by atoms with E-state index in [1.165, 1.54) is 11.4 Å². The molecular weight excluding hydrogens is 372 g/mol. The van der Waals surface area contributed by atoms with Crippen LogP contribution in [0.5, 0.6) is 0 Å². The smallest absolute Gasteiger partial charge is 0.349 e. The number of halogens is 1. The highest BCUT2D eigenvalue weighted by Crippen LogP contribution is 2.38. The van der Waals surface area contributed by atoms with Gasteiger partial charge in [0.2, 0.25) is 10.0 Å². The fourth-order valence-corrected chi connectivity index (χ4v) is 6.15. The second-order valence-electron chi connectivity index (χ2n) is 5.50. The predicted octanol–water partition coefficient (Wildman–Crippen LogP) is 2.08. The van der Waals surface area contributed by atoms with Crippen LogP contribution in [0.1, 0.15) is 16.1 Å². The number of ether oxygens (including phenoxy) is 1. The molecule has 1 aliphatic heterocycles. The van der Waals surface area contributed by atoms with Crippen LogP contribution in [0.25, 0.3) is 10.1 Å². The Morgan fingerprint density at radius 2 is 2.12 bits per heavy atom. The number of nitrogens with two attached hydrogens (primary N) is 1. The van der Waals surface area contributed by atoms with Crippen LogP contribution in [0.2, 0.25) is 0 Å². The Bertz CT molecular complexity index is 850. The van der Waals surface area contributed by atoms with Crippen molar-refractivity contribution in [1.82, 2.24) is 4.31 Å². The first kappa shape index (κ1) is 19.1. The van der Waals surface area contributed by atoms with Gasteiger partial charge in [-0.2, -0.15) is 4.31 Å². The molecule has 132 valence electrons. The van der Waals surface area contributed by atoms with Crippen molar-refractivity contribution in [2.45, 2.75) is 11.3 Å². The number of fused-ring (bicyclic) bond motifs is 1. The zero-order valence-electron chi connectivity index (χ0n) is 13.1. The zero-order chi connectivity index (χ0) is 16.6. The summed E-state index contributed by atoms with van der Waals surface area (Å²) in [4.78, 5) is 12.3. The number of rotatable bonds is 4. The first-order valence-electron chi connectivity index (χ1n) is 7.29. The Hall–Kier alpha value is -1.19. The number of carbonyl (C=O) groups is 1. The van der Waals surface area contributed by atoms with Crippen molar-refractivity contribution in [2.75, 3.05) is 26.7 Å². The molecule has 9 heteroatoms. The molecule has 2 heterocycles. The molecule has 0 aliphatic carbocycles. The molecule has 1 aromatic heterocycles. The van der Waals surface area contributed by atoms with Gasteiger partial charge in [-0.15, -0.1) is 23.7 Å². The highest BCUT2D eigenvalue weighted by molar-refractivity contribution is 7.89. The number of benzene rings is 1. The van der Waals surface area contributed by atoms with Gasteiger partial charge in [-0.1, -0.05) is 18.2 Å². The first-order chi connectivity index (χ1) is 11.0. The lowest BCUT2D eigenvalue weighted by atomic mass is 10.1. The maximum Gasteiger partial charge on any atom is 0.349 e. The molecule has 0 amide bonds. The van der Waals surface area contributed by atoms with E-state index in [0.29, 0.717) is 25.0 Å². The Kier molecular flexibility index (Phi) is 5.87.